The molecular formula is C20H19FN4O2S. The number of anilines is 1. The van der Waals surface area contributed by atoms with E-state index in [4.69, 9.17) is 0 Å². The summed E-state index contributed by atoms with van der Waals surface area (Å²) >= 11 is 0. The summed E-state index contributed by atoms with van der Waals surface area (Å²) in [7, 11) is -2.10. The summed E-state index contributed by atoms with van der Waals surface area (Å²) in [5.41, 5.74) is 1.72. The van der Waals surface area contributed by atoms with Gasteiger partial charge in [0, 0.05) is 31.7 Å². The number of pyridine rings is 1. The van der Waals surface area contributed by atoms with Gasteiger partial charge in [0.25, 0.3) is 0 Å². The topological polar surface area (TPSA) is 83.5 Å². The third kappa shape index (κ3) is 4.72. The fourth-order valence-corrected chi connectivity index (χ4v) is 3.79. The Morgan fingerprint density at radius 2 is 1.75 bits per heavy atom. The first-order chi connectivity index (χ1) is 13.5. The summed E-state index contributed by atoms with van der Waals surface area (Å²) < 4.78 is 38.5. The van der Waals surface area contributed by atoms with Crippen molar-refractivity contribution in [2.45, 2.75) is 16.3 Å². The number of rotatable bonds is 5. The lowest BCUT2D eigenvalue weighted by atomic mass is 10.2. The number of guanidine groups is 1. The average molecular weight is 398 g/mol. The van der Waals surface area contributed by atoms with Crippen molar-refractivity contribution in [3.63, 3.8) is 0 Å². The van der Waals surface area contributed by atoms with Crippen LogP contribution in [0.5, 0.6) is 0 Å². The second-order valence-corrected chi connectivity index (χ2v) is 7.84. The molecule has 0 unspecified atom stereocenters. The first-order valence-electron chi connectivity index (χ1n) is 8.46. The van der Waals surface area contributed by atoms with Gasteiger partial charge in [0.1, 0.15) is 5.82 Å². The van der Waals surface area contributed by atoms with E-state index in [1.807, 2.05) is 12.1 Å². The molecule has 1 aromatic heterocycles. The molecule has 0 aliphatic rings. The largest absolute Gasteiger partial charge is 0.352 e. The molecule has 0 amide bonds. The zero-order valence-electron chi connectivity index (χ0n) is 15.1. The van der Waals surface area contributed by atoms with Crippen LogP contribution in [0, 0.1) is 5.82 Å². The van der Waals surface area contributed by atoms with E-state index in [0.717, 1.165) is 17.3 Å². The van der Waals surface area contributed by atoms with Gasteiger partial charge >= 0.3 is 0 Å². The van der Waals surface area contributed by atoms with E-state index in [1.165, 1.54) is 30.3 Å². The SMILES string of the molecule is CN=C(NCc1ccc(S(=O)(=O)c2cccc(F)c2)cc1)Nc1ccncc1. The zero-order valence-corrected chi connectivity index (χ0v) is 15.9. The molecule has 144 valence electrons. The molecule has 6 nitrogen and oxygen atoms in total. The average Bonchev–Trinajstić information content (AvgIpc) is 2.72. The molecule has 2 aromatic carbocycles. The molecular weight excluding hydrogens is 379 g/mol. The number of nitrogens with one attached hydrogen (secondary N) is 2. The van der Waals surface area contributed by atoms with Crippen molar-refractivity contribution in [3.8, 4) is 0 Å². The fraction of sp³-hybridized carbons (Fsp3) is 0.100. The number of aromatic nitrogens is 1. The van der Waals surface area contributed by atoms with Crippen LogP contribution in [0.2, 0.25) is 0 Å². The molecule has 0 aliphatic heterocycles. The van der Waals surface area contributed by atoms with E-state index in [9.17, 15) is 12.8 Å². The maximum atomic E-state index is 13.3. The third-order valence-electron chi connectivity index (χ3n) is 3.97. The molecule has 0 atom stereocenters. The Morgan fingerprint density at radius 1 is 1.04 bits per heavy atom. The predicted octanol–water partition coefficient (Wildman–Crippen LogP) is 3.24. The molecule has 0 radical (unpaired) electrons. The summed E-state index contributed by atoms with van der Waals surface area (Å²) in [4.78, 5) is 8.15. The van der Waals surface area contributed by atoms with Crippen molar-refractivity contribution in [3.05, 3.63) is 84.4 Å². The molecule has 3 aromatic rings. The van der Waals surface area contributed by atoms with Crippen LogP contribution in [0.1, 0.15) is 5.56 Å². The van der Waals surface area contributed by atoms with Crippen LogP contribution in [0.3, 0.4) is 0 Å². The number of aliphatic imine (C=N–C) groups is 1. The van der Waals surface area contributed by atoms with Gasteiger partial charge in [-0.2, -0.15) is 0 Å². The van der Waals surface area contributed by atoms with Crippen molar-refractivity contribution >= 4 is 21.5 Å². The van der Waals surface area contributed by atoms with Gasteiger partial charge in [-0.15, -0.1) is 0 Å². The molecule has 0 aliphatic carbocycles. The highest BCUT2D eigenvalue weighted by molar-refractivity contribution is 7.91. The maximum absolute atomic E-state index is 13.3. The minimum atomic E-state index is -3.76. The second kappa shape index (κ2) is 8.62. The van der Waals surface area contributed by atoms with Gasteiger partial charge in [-0.1, -0.05) is 18.2 Å². The molecule has 0 saturated carbocycles. The molecule has 0 bridgehead atoms. The van der Waals surface area contributed by atoms with Crippen molar-refractivity contribution in [1.29, 1.82) is 0 Å². The maximum Gasteiger partial charge on any atom is 0.206 e. The zero-order chi connectivity index (χ0) is 20.0. The number of hydrogen-bond acceptors (Lipinski definition) is 4. The summed E-state index contributed by atoms with van der Waals surface area (Å²) in [5, 5.41) is 6.28. The van der Waals surface area contributed by atoms with E-state index in [-0.39, 0.29) is 9.79 Å². The number of hydrogen-bond donors (Lipinski definition) is 2. The van der Waals surface area contributed by atoms with Gasteiger partial charge in [-0.05, 0) is 48.0 Å². The lowest BCUT2D eigenvalue weighted by Crippen LogP contribution is -2.30. The van der Waals surface area contributed by atoms with Crippen LogP contribution in [-0.4, -0.2) is 26.4 Å². The number of benzene rings is 2. The smallest absolute Gasteiger partial charge is 0.206 e. The normalized spacial score (nSPS) is 11.9. The Hall–Kier alpha value is -3.26. The van der Waals surface area contributed by atoms with E-state index in [0.29, 0.717) is 12.5 Å². The van der Waals surface area contributed by atoms with Crippen LogP contribution in [-0.2, 0) is 16.4 Å². The third-order valence-corrected chi connectivity index (χ3v) is 5.73. The van der Waals surface area contributed by atoms with Crippen LogP contribution in [0.25, 0.3) is 0 Å². The quantitative estimate of drug-likeness (QED) is 0.509. The molecule has 3 rings (SSSR count). The molecule has 2 N–H and O–H groups in total. The highest BCUT2D eigenvalue weighted by atomic mass is 32.2. The van der Waals surface area contributed by atoms with Crippen LogP contribution < -0.4 is 10.6 Å². The monoisotopic (exact) mass is 398 g/mol. The lowest BCUT2D eigenvalue weighted by Gasteiger charge is -2.12. The molecule has 0 fully saturated rings. The standard InChI is InChI=1S/C20H19FN4O2S/c1-22-20(25-17-9-11-23-12-10-17)24-14-15-5-7-18(8-6-15)28(26,27)19-4-2-3-16(21)13-19/h2-13H,14H2,1H3,(H2,22,23,24,25). The van der Waals surface area contributed by atoms with Gasteiger partial charge in [0.15, 0.2) is 5.96 Å². The van der Waals surface area contributed by atoms with Crippen LogP contribution >= 0.6 is 0 Å². The van der Waals surface area contributed by atoms with Crippen LogP contribution in [0.15, 0.2) is 87.8 Å². The highest BCUT2D eigenvalue weighted by Gasteiger charge is 2.18. The summed E-state index contributed by atoms with van der Waals surface area (Å²) in [5.74, 6) is -0.0161. The molecule has 0 saturated heterocycles. The van der Waals surface area contributed by atoms with Gasteiger partial charge in [-0.3, -0.25) is 9.98 Å². The number of halogens is 1. The Morgan fingerprint density at radius 3 is 2.39 bits per heavy atom. The number of nitrogens with zero attached hydrogens (tertiary/aromatic N) is 2. The van der Waals surface area contributed by atoms with Gasteiger partial charge < -0.3 is 10.6 Å². The first-order valence-corrected chi connectivity index (χ1v) is 9.94. The minimum absolute atomic E-state index is 0.0691. The Labute approximate surface area is 163 Å². The molecule has 0 spiro atoms. The van der Waals surface area contributed by atoms with Crippen molar-refractivity contribution in [2.24, 2.45) is 4.99 Å². The van der Waals surface area contributed by atoms with E-state index >= 15 is 0 Å². The second-order valence-electron chi connectivity index (χ2n) is 5.89. The molecule has 1 heterocycles. The Balaban J connectivity index is 1.67. The highest BCUT2D eigenvalue weighted by Crippen LogP contribution is 2.21. The minimum Gasteiger partial charge on any atom is -0.352 e. The van der Waals surface area contributed by atoms with E-state index in [2.05, 4.69) is 20.6 Å². The number of sulfone groups is 1. The van der Waals surface area contributed by atoms with Crippen molar-refractivity contribution in [1.82, 2.24) is 10.3 Å². The Kier molecular flexibility index (Phi) is 6.00. The van der Waals surface area contributed by atoms with Gasteiger partial charge in [0.2, 0.25) is 9.84 Å². The van der Waals surface area contributed by atoms with E-state index < -0.39 is 15.7 Å². The van der Waals surface area contributed by atoms with Gasteiger partial charge in [0.05, 0.1) is 9.79 Å². The van der Waals surface area contributed by atoms with E-state index in [1.54, 1.807) is 31.6 Å². The molecule has 28 heavy (non-hydrogen) atoms. The molecule has 8 heteroatoms. The summed E-state index contributed by atoms with van der Waals surface area (Å²) in [6.45, 7) is 0.449. The first kappa shape index (κ1) is 19.5. The van der Waals surface area contributed by atoms with Crippen LogP contribution in [0.4, 0.5) is 10.1 Å². The fourth-order valence-electron chi connectivity index (χ4n) is 2.49. The van der Waals surface area contributed by atoms with Gasteiger partial charge in [-0.25, -0.2) is 12.8 Å². The summed E-state index contributed by atoms with van der Waals surface area (Å²) in [6, 6.07) is 15.0. The van der Waals surface area contributed by atoms with Crippen molar-refractivity contribution in [2.75, 3.05) is 12.4 Å². The Bertz CT molecular complexity index is 1070. The lowest BCUT2D eigenvalue weighted by molar-refractivity contribution is 0.591. The summed E-state index contributed by atoms with van der Waals surface area (Å²) in [6.07, 6.45) is 3.35. The van der Waals surface area contributed by atoms with Crippen molar-refractivity contribution < 1.29 is 12.8 Å². The predicted molar refractivity (Wildman–Crippen MR) is 106 cm³/mol.